The fourth-order valence-electron chi connectivity index (χ4n) is 4.02. The molecule has 178 valence electrons. The fraction of sp³-hybridized carbons (Fsp3) is 0.400. The van der Waals surface area contributed by atoms with E-state index in [1.54, 1.807) is 23.1 Å². The number of carbonyl (C=O) groups excluding carboxylic acids is 1. The van der Waals surface area contributed by atoms with Gasteiger partial charge in [-0.3, -0.25) is 4.79 Å². The minimum absolute atomic E-state index is 0.173. The molecule has 1 atom stereocenters. The summed E-state index contributed by atoms with van der Waals surface area (Å²) < 4.78 is 43.5. The molecule has 0 aromatic heterocycles. The van der Waals surface area contributed by atoms with Gasteiger partial charge in [0, 0.05) is 36.3 Å². The summed E-state index contributed by atoms with van der Waals surface area (Å²) in [6.45, 7) is 3.50. The van der Waals surface area contributed by atoms with Gasteiger partial charge in [-0.05, 0) is 50.6 Å². The van der Waals surface area contributed by atoms with Crippen molar-refractivity contribution in [2.45, 2.75) is 25.8 Å². The predicted molar refractivity (Wildman–Crippen MR) is 123 cm³/mol. The molecule has 6 nitrogen and oxygen atoms in total. The van der Waals surface area contributed by atoms with Crippen LogP contribution in [0.1, 0.15) is 35.7 Å². The number of hydrogen-bond donors (Lipinski definition) is 1. The molecule has 1 saturated heterocycles. The van der Waals surface area contributed by atoms with Crippen LogP contribution >= 0.6 is 0 Å². The first-order chi connectivity index (χ1) is 15.9. The van der Waals surface area contributed by atoms with E-state index < -0.39 is 11.6 Å². The van der Waals surface area contributed by atoms with Crippen molar-refractivity contribution in [2.24, 2.45) is 0 Å². The molecule has 1 heterocycles. The van der Waals surface area contributed by atoms with Crippen LogP contribution < -0.4 is 19.5 Å². The van der Waals surface area contributed by atoms with Gasteiger partial charge < -0.3 is 24.4 Å². The quantitative estimate of drug-likeness (QED) is 0.605. The molecule has 1 N–H and O–H groups in total. The number of benzene rings is 2. The summed E-state index contributed by atoms with van der Waals surface area (Å²) in [5.41, 5.74) is 1.43. The Morgan fingerprint density at radius 1 is 1.12 bits per heavy atom. The van der Waals surface area contributed by atoms with Crippen molar-refractivity contribution in [2.75, 3.05) is 41.0 Å². The smallest absolute Gasteiger partial charge is 0.254 e. The summed E-state index contributed by atoms with van der Waals surface area (Å²) in [4.78, 5) is 15.3. The number of hydrogen-bond acceptors (Lipinski definition) is 5. The number of nitrogens with one attached hydrogen (secondary N) is 1. The van der Waals surface area contributed by atoms with E-state index in [2.05, 4.69) is 5.32 Å². The maximum Gasteiger partial charge on any atom is 0.254 e. The predicted octanol–water partition coefficient (Wildman–Crippen LogP) is 4.29. The topological polar surface area (TPSA) is 60.0 Å². The average molecular weight is 461 g/mol. The number of nitrogens with zero attached hydrogens (tertiary/aromatic N) is 1. The maximum absolute atomic E-state index is 14.1. The second kappa shape index (κ2) is 11.1. The second-order valence-corrected chi connectivity index (χ2v) is 8.05. The third-order valence-corrected chi connectivity index (χ3v) is 5.61. The number of rotatable bonds is 9. The van der Waals surface area contributed by atoms with E-state index in [1.807, 2.05) is 6.92 Å². The van der Waals surface area contributed by atoms with Crippen molar-refractivity contribution < 1.29 is 27.8 Å². The summed E-state index contributed by atoms with van der Waals surface area (Å²) in [7, 11) is 4.49. The summed E-state index contributed by atoms with van der Waals surface area (Å²) in [6.07, 6.45) is 3.65. The number of halogens is 2. The van der Waals surface area contributed by atoms with Gasteiger partial charge in [0.15, 0.2) is 11.5 Å². The molecule has 0 aliphatic carbocycles. The van der Waals surface area contributed by atoms with E-state index in [4.69, 9.17) is 14.2 Å². The molecule has 3 rings (SSSR count). The molecule has 1 unspecified atom stereocenters. The van der Waals surface area contributed by atoms with Gasteiger partial charge in [0.25, 0.3) is 5.91 Å². The van der Waals surface area contributed by atoms with Gasteiger partial charge in [-0.1, -0.05) is 11.6 Å². The van der Waals surface area contributed by atoms with Crippen molar-refractivity contribution >= 4 is 12.0 Å². The minimum Gasteiger partial charge on any atom is -0.493 e. The zero-order valence-electron chi connectivity index (χ0n) is 19.4. The van der Waals surface area contributed by atoms with Gasteiger partial charge in [-0.15, -0.1) is 0 Å². The summed E-state index contributed by atoms with van der Waals surface area (Å²) in [6, 6.07) is 6.86. The Bertz CT molecular complexity index is 994. The first kappa shape index (κ1) is 24.5. The Morgan fingerprint density at radius 3 is 2.36 bits per heavy atom. The molecular formula is C25H30F2N2O4. The van der Waals surface area contributed by atoms with Crippen LogP contribution in [0.4, 0.5) is 8.78 Å². The first-order valence-electron chi connectivity index (χ1n) is 10.8. The lowest BCUT2D eigenvalue weighted by Crippen LogP contribution is -2.42. The highest BCUT2D eigenvalue weighted by molar-refractivity contribution is 5.96. The van der Waals surface area contributed by atoms with Crippen molar-refractivity contribution in [1.82, 2.24) is 10.2 Å². The third-order valence-electron chi connectivity index (χ3n) is 5.61. The molecule has 0 spiro atoms. The molecule has 1 aliphatic rings. The Kier molecular flexibility index (Phi) is 8.27. The van der Waals surface area contributed by atoms with E-state index in [0.29, 0.717) is 29.4 Å². The van der Waals surface area contributed by atoms with Crippen LogP contribution in [0.15, 0.2) is 35.9 Å². The molecule has 2 aromatic rings. The zero-order chi connectivity index (χ0) is 24.0. The minimum atomic E-state index is -0.644. The van der Waals surface area contributed by atoms with Gasteiger partial charge in [-0.2, -0.15) is 0 Å². The fourth-order valence-corrected chi connectivity index (χ4v) is 4.02. The SMILES string of the molecule is COc1cc(C(=O)N(CC(C)=Cc2ccc(F)cc2F)CC2CCCN2)cc(OC)c1OC. The third kappa shape index (κ3) is 6.01. The van der Waals surface area contributed by atoms with E-state index in [-0.39, 0.29) is 24.1 Å². The van der Waals surface area contributed by atoms with Crippen LogP contribution in [0, 0.1) is 11.6 Å². The Morgan fingerprint density at radius 2 is 1.82 bits per heavy atom. The largest absolute Gasteiger partial charge is 0.493 e. The molecule has 0 bridgehead atoms. The maximum atomic E-state index is 14.1. The summed E-state index contributed by atoms with van der Waals surface area (Å²) >= 11 is 0. The van der Waals surface area contributed by atoms with Crippen LogP contribution in [-0.4, -0.2) is 57.8 Å². The highest BCUT2D eigenvalue weighted by atomic mass is 19.1. The molecular weight excluding hydrogens is 430 g/mol. The van der Waals surface area contributed by atoms with Crippen LogP contribution in [0.5, 0.6) is 17.2 Å². The van der Waals surface area contributed by atoms with Crippen LogP contribution in [0.3, 0.4) is 0 Å². The van der Waals surface area contributed by atoms with Gasteiger partial charge in [-0.25, -0.2) is 8.78 Å². The number of carbonyl (C=O) groups is 1. The lowest BCUT2D eigenvalue weighted by atomic mass is 10.1. The highest BCUT2D eigenvalue weighted by Gasteiger charge is 2.25. The van der Waals surface area contributed by atoms with Crippen LogP contribution in [0.2, 0.25) is 0 Å². The molecule has 0 saturated carbocycles. The lowest BCUT2D eigenvalue weighted by molar-refractivity contribution is 0.0756. The molecule has 0 radical (unpaired) electrons. The first-order valence-corrected chi connectivity index (χ1v) is 10.8. The van der Waals surface area contributed by atoms with Gasteiger partial charge in [0.1, 0.15) is 11.6 Å². The standard InChI is InChI=1S/C25H30F2N2O4/c1-16(10-17-7-8-19(26)13-21(17)27)14-29(15-20-6-5-9-28-20)25(30)18-11-22(31-2)24(33-4)23(12-18)32-3/h7-8,10-13,20,28H,5-6,9,14-15H2,1-4H3. The molecule has 2 aromatic carbocycles. The average Bonchev–Trinajstić information content (AvgIpc) is 3.32. The summed E-state index contributed by atoms with van der Waals surface area (Å²) in [5.74, 6) is -0.304. The molecule has 1 aliphatic heterocycles. The van der Waals surface area contributed by atoms with E-state index in [1.165, 1.54) is 33.5 Å². The van der Waals surface area contributed by atoms with Crippen molar-refractivity contribution in [3.8, 4) is 17.2 Å². The van der Waals surface area contributed by atoms with Crippen molar-refractivity contribution in [1.29, 1.82) is 0 Å². The monoisotopic (exact) mass is 460 g/mol. The van der Waals surface area contributed by atoms with Crippen LogP contribution in [0.25, 0.3) is 6.08 Å². The molecule has 1 amide bonds. The normalized spacial score (nSPS) is 15.9. The van der Waals surface area contributed by atoms with E-state index in [0.717, 1.165) is 31.0 Å². The Hall–Kier alpha value is -3.13. The highest BCUT2D eigenvalue weighted by Crippen LogP contribution is 2.38. The number of methoxy groups -OCH3 is 3. The van der Waals surface area contributed by atoms with Crippen LogP contribution in [-0.2, 0) is 0 Å². The summed E-state index contributed by atoms with van der Waals surface area (Å²) in [5, 5.41) is 3.41. The van der Waals surface area contributed by atoms with E-state index >= 15 is 0 Å². The zero-order valence-corrected chi connectivity index (χ0v) is 19.4. The Labute approximate surface area is 193 Å². The van der Waals surface area contributed by atoms with E-state index in [9.17, 15) is 13.6 Å². The van der Waals surface area contributed by atoms with Crippen molar-refractivity contribution in [3.63, 3.8) is 0 Å². The van der Waals surface area contributed by atoms with Gasteiger partial charge >= 0.3 is 0 Å². The number of ether oxygens (including phenoxy) is 3. The lowest BCUT2D eigenvalue weighted by Gasteiger charge is -2.27. The second-order valence-electron chi connectivity index (χ2n) is 8.05. The van der Waals surface area contributed by atoms with Crippen molar-refractivity contribution in [3.05, 3.63) is 58.7 Å². The number of amides is 1. The van der Waals surface area contributed by atoms with Gasteiger partial charge in [0.2, 0.25) is 5.75 Å². The van der Waals surface area contributed by atoms with Gasteiger partial charge in [0.05, 0.1) is 21.3 Å². The Balaban J connectivity index is 1.91. The molecule has 33 heavy (non-hydrogen) atoms. The molecule has 1 fully saturated rings. The molecule has 8 heteroatoms.